The third-order valence-corrected chi connectivity index (χ3v) is 4.14. The summed E-state index contributed by atoms with van der Waals surface area (Å²) in [7, 11) is 0. The normalized spacial score (nSPS) is 21.5. The lowest BCUT2D eigenvalue weighted by molar-refractivity contribution is 0.0910. The van der Waals surface area contributed by atoms with Crippen LogP contribution < -0.4 is 10.6 Å². The molecule has 1 saturated heterocycles. The standard InChI is InChI=1S/C16H21N5O/c1-11-4-3-5-13(8-11)21-10-15(19-20-21)16(22)18-14-9-17-7-6-12(14)2/h3-5,8,10,12,14,17H,6-7,9H2,1-2H3,(H,18,22). The number of nitrogens with zero attached hydrogens (tertiary/aromatic N) is 3. The molecule has 116 valence electrons. The smallest absolute Gasteiger partial charge is 0.273 e. The van der Waals surface area contributed by atoms with Gasteiger partial charge in [0.25, 0.3) is 5.91 Å². The minimum Gasteiger partial charge on any atom is -0.346 e. The van der Waals surface area contributed by atoms with Crippen LogP contribution in [0.25, 0.3) is 5.69 Å². The highest BCUT2D eigenvalue weighted by atomic mass is 16.2. The van der Waals surface area contributed by atoms with Gasteiger partial charge in [0, 0.05) is 12.6 Å². The Labute approximate surface area is 129 Å². The van der Waals surface area contributed by atoms with Gasteiger partial charge in [0.15, 0.2) is 5.69 Å². The topological polar surface area (TPSA) is 71.8 Å². The fraction of sp³-hybridized carbons (Fsp3) is 0.438. The molecule has 1 fully saturated rings. The molecule has 1 aromatic carbocycles. The molecule has 1 amide bonds. The Morgan fingerprint density at radius 3 is 3.09 bits per heavy atom. The Bertz CT molecular complexity index is 666. The van der Waals surface area contributed by atoms with Crippen LogP contribution in [0.1, 0.15) is 29.4 Å². The number of rotatable bonds is 3. The number of benzene rings is 1. The quantitative estimate of drug-likeness (QED) is 0.896. The highest BCUT2D eigenvalue weighted by molar-refractivity contribution is 5.92. The van der Waals surface area contributed by atoms with Crippen molar-refractivity contribution in [2.24, 2.45) is 5.92 Å². The number of carbonyl (C=O) groups excluding carboxylic acids is 1. The van der Waals surface area contributed by atoms with Crippen molar-refractivity contribution in [2.45, 2.75) is 26.3 Å². The lowest BCUT2D eigenvalue weighted by atomic mass is 9.95. The van der Waals surface area contributed by atoms with Crippen molar-refractivity contribution in [1.29, 1.82) is 0 Å². The van der Waals surface area contributed by atoms with Gasteiger partial charge in [-0.3, -0.25) is 4.79 Å². The van der Waals surface area contributed by atoms with Crippen molar-refractivity contribution < 1.29 is 4.79 Å². The van der Waals surface area contributed by atoms with Crippen LogP contribution in [0.4, 0.5) is 0 Å². The summed E-state index contributed by atoms with van der Waals surface area (Å²) < 4.78 is 1.63. The highest BCUT2D eigenvalue weighted by Gasteiger charge is 2.24. The Kier molecular flexibility index (Phi) is 4.20. The summed E-state index contributed by atoms with van der Waals surface area (Å²) in [6.45, 7) is 6.00. The van der Waals surface area contributed by atoms with E-state index in [-0.39, 0.29) is 11.9 Å². The molecule has 1 aliphatic rings. The van der Waals surface area contributed by atoms with E-state index < -0.39 is 0 Å². The zero-order valence-electron chi connectivity index (χ0n) is 12.9. The Morgan fingerprint density at radius 1 is 1.45 bits per heavy atom. The first-order chi connectivity index (χ1) is 10.6. The predicted molar refractivity (Wildman–Crippen MR) is 84.0 cm³/mol. The van der Waals surface area contributed by atoms with Gasteiger partial charge < -0.3 is 10.6 Å². The molecule has 0 radical (unpaired) electrons. The van der Waals surface area contributed by atoms with Gasteiger partial charge in [-0.15, -0.1) is 5.10 Å². The molecule has 2 unspecified atom stereocenters. The van der Waals surface area contributed by atoms with Gasteiger partial charge in [-0.25, -0.2) is 4.68 Å². The first kappa shape index (κ1) is 14.7. The second-order valence-corrected chi connectivity index (χ2v) is 5.94. The average molecular weight is 299 g/mol. The van der Waals surface area contributed by atoms with E-state index in [1.807, 2.05) is 31.2 Å². The van der Waals surface area contributed by atoms with Crippen LogP contribution in [0.15, 0.2) is 30.5 Å². The van der Waals surface area contributed by atoms with Crippen LogP contribution >= 0.6 is 0 Å². The van der Waals surface area contributed by atoms with Crippen LogP contribution in [0.5, 0.6) is 0 Å². The fourth-order valence-electron chi connectivity index (χ4n) is 2.69. The van der Waals surface area contributed by atoms with E-state index in [2.05, 4.69) is 27.9 Å². The Balaban J connectivity index is 1.71. The lowest BCUT2D eigenvalue weighted by Crippen LogP contribution is -2.50. The van der Waals surface area contributed by atoms with E-state index in [9.17, 15) is 4.79 Å². The molecule has 1 aromatic heterocycles. The Hall–Kier alpha value is -2.21. The fourth-order valence-corrected chi connectivity index (χ4v) is 2.69. The minimum absolute atomic E-state index is 0.144. The van der Waals surface area contributed by atoms with Gasteiger partial charge in [0.05, 0.1) is 11.9 Å². The number of amides is 1. The molecule has 2 aromatic rings. The summed E-state index contributed by atoms with van der Waals surface area (Å²) in [4.78, 5) is 12.3. The van der Waals surface area contributed by atoms with E-state index in [4.69, 9.17) is 0 Å². The molecule has 1 aliphatic heterocycles. The molecule has 0 bridgehead atoms. The van der Waals surface area contributed by atoms with Gasteiger partial charge in [-0.2, -0.15) is 0 Å². The van der Waals surface area contributed by atoms with Crippen molar-refractivity contribution in [3.63, 3.8) is 0 Å². The maximum atomic E-state index is 12.3. The molecule has 2 N–H and O–H groups in total. The molecular formula is C16H21N5O. The maximum Gasteiger partial charge on any atom is 0.273 e. The number of carbonyl (C=O) groups is 1. The van der Waals surface area contributed by atoms with Gasteiger partial charge in [0.2, 0.25) is 0 Å². The number of aromatic nitrogens is 3. The number of hydrogen-bond acceptors (Lipinski definition) is 4. The Morgan fingerprint density at radius 2 is 2.32 bits per heavy atom. The third kappa shape index (κ3) is 3.17. The minimum atomic E-state index is -0.167. The zero-order chi connectivity index (χ0) is 15.5. The van der Waals surface area contributed by atoms with E-state index in [0.29, 0.717) is 11.6 Å². The van der Waals surface area contributed by atoms with E-state index in [0.717, 1.165) is 30.8 Å². The zero-order valence-corrected chi connectivity index (χ0v) is 12.9. The van der Waals surface area contributed by atoms with Crippen molar-refractivity contribution in [3.8, 4) is 5.69 Å². The van der Waals surface area contributed by atoms with Crippen LogP contribution in [-0.2, 0) is 0 Å². The largest absolute Gasteiger partial charge is 0.346 e. The SMILES string of the molecule is Cc1cccc(-n2cc(C(=O)NC3CNCCC3C)nn2)c1. The number of aryl methyl sites for hydroxylation is 1. The second-order valence-electron chi connectivity index (χ2n) is 5.94. The summed E-state index contributed by atoms with van der Waals surface area (Å²) in [5, 5.41) is 14.4. The molecule has 2 atom stereocenters. The second kappa shape index (κ2) is 6.27. The molecule has 0 aliphatic carbocycles. The molecule has 3 rings (SSSR count). The average Bonchev–Trinajstić information content (AvgIpc) is 2.99. The molecule has 6 nitrogen and oxygen atoms in total. The van der Waals surface area contributed by atoms with E-state index >= 15 is 0 Å². The highest BCUT2D eigenvalue weighted by Crippen LogP contribution is 2.12. The summed E-state index contributed by atoms with van der Waals surface area (Å²) in [5.41, 5.74) is 2.39. The number of hydrogen-bond donors (Lipinski definition) is 2. The molecular weight excluding hydrogens is 278 g/mol. The van der Waals surface area contributed by atoms with Crippen molar-refractivity contribution >= 4 is 5.91 Å². The summed E-state index contributed by atoms with van der Waals surface area (Å²) >= 11 is 0. The first-order valence-electron chi connectivity index (χ1n) is 7.64. The summed E-state index contributed by atoms with van der Waals surface area (Å²) in [5.74, 6) is 0.302. The van der Waals surface area contributed by atoms with Gasteiger partial charge in [0.1, 0.15) is 0 Å². The summed E-state index contributed by atoms with van der Waals surface area (Å²) in [6.07, 6.45) is 2.74. The molecule has 22 heavy (non-hydrogen) atoms. The number of piperidine rings is 1. The van der Waals surface area contributed by atoms with Crippen LogP contribution in [0, 0.1) is 12.8 Å². The van der Waals surface area contributed by atoms with Crippen molar-refractivity contribution in [1.82, 2.24) is 25.6 Å². The van der Waals surface area contributed by atoms with Crippen LogP contribution in [0.3, 0.4) is 0 Å². The van der Waals surface area contributed by atoms with Crippen molar-refractivity contribution in [3.05, 3.63) is 41.7 Å². The predicted octanol–water partition coefficient (Wildman–Crippen LogP) is 1.30. The van der Waals surface area contributed by atoms with Gasteiger partial charge in [-0.1, -0.05) is 24.3 Å². The first-order valence-corrected chi connectivity index (χ1v) is 7.64. The van der Waals surface area contributed by atoms with Gasteiger partial charge in [-0.05, 0) is 43.5 Å². The van der Waals surface area contributed by atoms with E-state index in [1.54, 1.807) is 10.9 Å². The lowest BCUT2D eigenvalue weighted by Gasteiger charge is -2.29. The van der Waals surface area contributed by atoms with Crippen LogP contribution in [0.2, 0.25) is 0 Å². The third-order valence-electron chi connectivity index (χ3n) is 4.14. The molecule has 2 heterocycles. The van der Waals surface area contributed by atoms with E-state index in [1.165, 1.54) is 0 Å². The molecule has 6 heteroatoms. The molecule has 0 spiro atoms. The maximum absolute atomic E-state index is 12.3. The van der Waals surface area contributed by atoms with Crippen LogP contribution in [-0.4, -0.2) is 40.0 Å². The number of nitrogens with one attached hydrogen (secondary N) is 2. The molecule has 0 saturated carbocycles. The monoisotopic (exact) mass is 299 g/mol. The summed E-state index contributed by atoms with van der Waals surface area (Å²) in [6, 6.07) is 8.07. The van der Waals surface area contributed by atoms with Gasteiger partial charge >= 0.3 is 0 Å². The van der Waals surface area contributed by atoms with Crippen molar-refractivity contribution in [2.75, 3.05) is 13.1 Å².